The maximum Gasteiger partial charge on any atom is 0.239 e. The average molecular weight is 345 g/mol. The number of ether oxygens (including phenoxy) is 1. The minimum atomic E-state index is -0.236. The van der Waals surface area contributed by atoms with Crippen molar-refractivity contribution in [2.75, 3.05) is 26.8 Å². The summed E-state index contributed by atoms with van der Waals surface area (Å²) in [6.07, 6.45) is 0.885. The lowest BCUT2D eigenvalue weighted by atomic mass is 10.2. The molecule has 0 aromatic carbocycles. The lowest BCUT2D eigenvalue weighted by molar-refractivity contribution is -0.132. The van der Waals surface area contributed by atoms with Gasteiger partial charge in [0.2, 0.25) is 5.91 Å². The van der Waals surface area contributed by atoms with Crippen molar-refractivity contribution >= 4 is 21.8 Å². The van der Waals surface area contributed by atoms with E-state index in [-0.39, 0.29) is 11.9 Å². The Hall–Kier alpha value is -0.920. The summed E-state index contributed by atoms with van der Waals surface area (Å²) < 4.78 is 8.36. The third-order valence-electron chi connectivity index (χ3n) is 3.64. The first-order chi connectivity index (χ1) is 9.58. The van der Waals surface area contributed by atoms with Gasteiger partial charge in [0, 0.05) is 27.2 Å². The molecule has 1 amide bonds. The molecule has 1 unspecified atom stereocenters. The molecule has 1 N–H and O–H groups in total. The Morgan fingerprint density at radius 1 is 1.60 bits per heavy atom. The molecule has 0 radical (unpaired) electrons. The van der Waals surface area contributed by atoms with E-state index in [9.17, 15) is 4.79 Å². The molecule has 112 valence electrons. The van der Waals surface area contributed by atoms with Crippen molar-refractivity contribution < 1.29 is 9.53 Å². The Kier molecular flexibility index (Phi) is 5.17. The first-order valence-corrected chi connectivity index (χ1v) is 7.61. The van der Waals surface area contributed by atoms with Gasteiger partial charge in [-0.15, -0.1) is 0 Å². The second-order valence-corrected chi connectivity index (χ2v) is 5.65. The monoisotopic (exact) mass is 344 g/mol. The van der Waals surface area contributed by atoms with E-state index in [0.717, 1.165) is 28.8 Å². The first kappa shape index (κ1) is 15.5. The van der Waals surface area contributed by atoms with Crippen LogP contribution in [-0.2, 0) is 29.5 Å². The molecule has 6 nitrogen and oxygen atoms in total. The summed E-state index contributed by atoms with van der Waals surface area (Å²) in [5.74, 6) is -0.00120. The number of halogens is 1. The van der Waals surface area contributed by atoms with Crippen LogP contribution in [0.2, 0.25) is 0 Å². The number of rotatable bonds is 4. The highest BCUT2D eigenvalue weighted by Gasteiger charge is 2.30. The summed E-state index contributed by atoms with van der Waals surface area (Å²) in [6, 6.07) is -0.236. The van der Waals surface area contributed by atoms with Gasteiger partial charge in [-0.25, -0.2) is 0 Å². The van der Waals surface area contributed by atoms with Crippen molar-refractivity contribution in [3.05, 3.63) is 15.9 Å². The maximum atomic E-state index is 11.9. The Morgan fingerprint density at radius 3 is 2.95 bits per heavy atom. The third kappa shape index (κ3) is 3.05. The first-order valence-electron chi connectivity index (χ1n) is 6.82. The number of carbonyl (C=O) groups excluding carboxylic acids is 1. The molecule has 0 aliphatic carbocycles. The molecule has 20 heavy (non-hydrogen) atoms. The van der Waals surface area contributed by atoms with Crippen LogP contribution in [0.4, 0.5) is 0 Å². The third-order valence-corrected chi connectivity index (χ3v) is 4.56. The molecule has 2 heterocycles. The fourth-order valence-corrected chi connectivity index (χ4v) is 3.16. The standard InChI is InChI=1S/C13H21BrN4O2/c1-4-9-12(14)10(17(3)16-9)7-18-5-6-20-8-11(18)13(19)15-2/h11H,4-8H2,1-3H3,(H,15,19). The normalized spacial score (nSPS) is 20.1. The van der Waals surface area contributed by atoms with Crippen LogP contribution in [0.25, 0.3) is 0 Å². The molecule has 1 atom stereocenters. The van der Waals surface area contributed by atoms with Crippen LogP contribution in [0.1, 0.15) is 18.3 Å². The number of carbonyl (C=O) groups is 1. The highest BCUT2D eigenvalue weighted by Crippen LogP contribution is 2.24. The van der Waals surface area contributed by atoms with Crippen LogP contribution in [0.5, 0.6) is 0 Å². The van der Waals surface area contributed by atoms with E-state index in [4.69, 9.17) is 4.74 Å². The molecule has 0 bridgehead atoms. The van der Waals surface area contributed by atoms with Crippen LogP contribution in [0.15, 0.2) is 4.47 Å². The predicted molar refractivity (Wildman–Crippen MR) is 79.4 cm³/mol. The summed E-state index contributed by atoms with van der Waals surface area (Å²) in [7, 11) is 3.60. The quantitative estimate of drug-likeness (QED) is 0.873. The summed E-state index contributed by atoms with van der Waals surface area (Å²) in [4.78, 5) is 14.1. The lowest BCUT2D eigenvalue weighted by Gasteiger charge is -2.34. The second-order valence-electron chi connectivity index (χ2n) is 4.86. The molecular formula is C13H21BrN4O2. The Morgan fingerprint density at radius 2 is 2.35 bits per heavy atom. The van der Waals surface area contributed by atoms with Crippen LogP contribution >= 0.6 is 15.9 Å². The number of hydrogen-bond acceptors (Lipinski definition) is 4. The van der Waals surface area contributed by atoms with Gasteiger partial charge >= 0.3 is 0 Å². The van der Waals surface area contributed by atoms with E-state index in [1.165, 1.54) is 0 Å². The van der Waals surface area contributed by atoms with Crippen LogP contribution in [-0.4, -0.2) is 53.4 Å². The second kappa shape index (κ2) is 6.69. The predicted octanol–water partition coefficient (Wildman–Crippen LogP) is 0.692. The highest BCUT2D eigenvalue weighted by molar-refractivity contribution is 9.10. The molecule has 7 heteroatoms. The van der Waals surface area contributed by atoms with Gasteiger partial charge in [0.05, 0.1) is 29.1 Å². The maximum absolute atomic E-state index is 11.9. The van der Waals surface area contributed by atoms with Gasteiger partial charge < -0.3 is 10.1 Å². The topological polar surface area (TPSA) is 59.4 Å². The van der Waals surface area contributed by atoms with Crippen molar-refractivity contribution in [1.29, 1.82) is 0 Å². The highest BCUT2D eigenvalue weighted by atomic mass is 79.9. The lowest BCUT2D eigenvalue weighted by Crippen LogP contribution is -2.52. The van der Waals surface area contributed by atoms with E-state index in [1.807, 2.05) is 11.7 Å². The average Bonchev–Trinajstić information content (AvgIpc) is 2.74. The molecule has 1 aromatic heterocycles. The number of amides is 1. The molecule has 0 saturated carbocycles. The van der Waals surface area contributed by atoms with Crippen molar-refractivity contribution in [2.24, 2.45) is 7.05 Å². The number of morpholine rings is 1. The van der Waals surface area contributed by atoms with E-state index < -0.39 is 0 Å². The zero-order chi connectivity index (χ0) is 14.7. The van der Waals surface area contributed by atoms with E-state index in [2.05, 4.69) is 38.2 Å². The minimum Gasteiger partial charge on any atom is -0.378 e. The SMILES string of the molecule is CCc1nn(C)c(CN2CCOCC2C(=O)NC)c1Br. The van der Waals surface area contributed by atoms with Gasteiger partial charge in [-0.2, -0.15) is 5.10 Å². The smallest absolute Gasteiger partial charge is 0.239 e. The molecular weight excluding hydrogens is 324 g/mol. The van der Waals surface area contributed by atoms with Crippen LogP contribution in [0, 0.1) is 0 Å². The van der Waals surface area contributed by atoms with Gasteiger partial charge in [-0.05, 0) is 22.4 Å². The molecule has 1 aromatic rings. The molecule has 1 fully saturated rings. The van der Waals surface area contributed by atoms with Gasteiger partial charge in [-0.1, -0.05) is 6.92 Å². The number of hydrogen-bond donors (Lipinski definition) is 1. The molecule has 1 aliphatic heterocycles. The van der Waals surface area contributed by atoms with E-state index in [1.54, 1.807) is 7.05 Å². The van der Waals surface area contributed by atoms with Crippen molar-refractivity contribution in [3.8, 4) is 0 Å². The molecule has 1 saturated heterocycles. The molecule has 1 aliphatic rings. The van der Waals surface area contributed by atoms with Gasteiger partial charge in [0.25, 0.3) is 0 Å². The Labute approximate surface area is 127 Å². The summed E-state index contributed by atoms with van der Waals surface area (Å²) in [5, 5.41) is 7.20. The number of likely N-dealkylation sites (N-methyl/N-ethyl adjacent to an activating group) is 1. The fraction of sp³-hybridized carbons (Fsp3) is 0.692. The van der Waals surface area contributed by atoms with Crippen LogP contribution in [0.3, 0.4) is 0 Å². The fourth-order valence-electron chi connectivity index (χ4n) is 2.42. The van der Waals surface area contributed by atoms with Gasteiger partial charge in [0.15, 0.2) is 0 Å². The Bertz CT molecular complexity index is 489. The number of nitrogens with one attached hydrogen (secondary N) is 1. The zero-order valence-corrected chi connectivity index (χ0v) is 13.7. The number of nitrogens with zero attached hydrogens (tertiary/aromatic N) is 3. The summed E-state index contributed by atoms with van der Waals surface area (Å²) in [5.41, 5.74) is 2.14. The van der Waals surface area contributed by atoms with Crippen LogP contribution < -0.4 is 5.32 Å². The number of aromatic nitrogens is 2. The molecule has 2 rings (SSSR count). The molecule has 0 spiro atoms. The summed E-state index contributed by atoms with van der Waals surface area (Å²) in [6.45, 7) is 4.61. The van der Waals surface area contributed by atoms with Crippen molar-refractivity contribution in [2.45, 2.75) is 25.9 Å². The van der Waals surface area contributed by atoms with Gasteiger partial charge in [-0.3, -0.25) is 14.4 Å². The van der Waals surface area contributed by atoms with E-state index >= 15 is 0 Å². The zero-order valence-electron chi connectivity index (χ0n) is 12.1. The summed E-state index contributed by atoms with van der Waals surface area (Å²) >= 11 is 3.62. The van der Waals surface area contributed by atoms with Crippen molar-refractivity contribution in [1.82, 2.24) is 20.0 Å². The Balaban J connectivity index is 2.18. The van der Waals surface area contributed by atoms with E-state index in [0.29, 0.717) is 19.8 Å². The minimum absolute atomic E-state index is 0.00120. The van der Waals surface area contributed by atoms with Gasteiger partial charge in [0.1, 0.15) is 6.04 Å². The largest absolute Gasteiger partial charge is 0.378 e. The number of aryl methyl sites for hydroxylation is 2. The van der Waals surface area contributed by atoms with Crippen molar-refractivity contribution in [3.63, 3.8) is 0 Å².